The lowest BCUT2D eigenvalue weighted by molar-refractivity contribution is -0.155. The van der Waals surface area contributed by atoms with E-state index >= 15 is 4.39 Å². The number of hydrogen-bond donors (Lipinski definition) is 3. The average Bonchev–Trinajstić information content (AvgIpc) is 2.79. The molecule has 12 heteroatoms. The minimum atomic E-state index is -2.49. The van der Waals surface area contributed by atoms with E-state index in [2.05, 4.69) is 5.32 Å². The third-order valence-corrected chi connectivity index (χ3v) is 5.24. The number of nitrogens with zero attached hydrogens (tertiary/aromatic N) is 1. The summed E-state index contributed by atoms with van der Waals surface area (Å²) in [6.07, 6.45) is -2.64. The third-order valence-electron chi connectivity index (χ3n) is 5.24. The number of H-pyrrole nitrogens is 1. The van der Waals surface area contributed by atoms with E-state index in [0.717, 1.165) is 24.6 Å². The molecule has 0 bridgehead atoms. The van der Waals surface area contributed by atoms with Gasteiger partial charge in [0.15, 0.2) is 11.9 Å². The second-order valence-electron chi connectivity index (χ2n) is 9.18. The van der Waals surface area contributed by atoms with E-state index in [0.29, 0.717) is 0 Å². The van der Waals surface area contributed by atoms with Crippen LogP contribution in [0, 0.1) is 6.92 Å². The molecular weight excluding hydrogens is 429 g/mol. The molecular formula is C20H30FN3O8. The Kier molecular flexibility index (Phi) is 6.91. The monoisotopic (exact) mass is 459 g/mol. The van der Waals surface area contributed by atoms with E-state index in [1.165, 1.54) is 13.8 Å². The number of aromatic amines is 1. The first-order valence-electron chi connectivity index (χ1n) is 10.0. The number of alkyl halides is 1. The van der Waals surface area contributed by atoms with Crippen LogP contribution < -0.4 is 16.6 Å². The molecule has 0 radical (unpaired) electrons. The Bertz CT molecular complexity index is 992. The van der Waals surface area contributed by atoms with Crippen LogP contribution >= 0.6 is 0 Å². The zero-order chi connectivity index (χ0) is 24.6. The molecule has 180 valence electrons. The topological polar surface area (TPSA) is 149 Å². The van der Waals surface area contributed by atoms with E-state index < -0.39 is 65.2 Å². The second-order valence-corrected chi connectivity index (χ2v) is 9.18. The van der Waals surface area contributed by atoms with Gasteiger partial charge in [-0.1, -0.05) is 0 Å². The molecule has 2 rings (SSSR count). The molecule has 1 aromatic rings. The van der Waals surface area contributed by atoms with Crippen LogP contribution in [0.3, 0.4) is 0 Å². The average molecular weight is 459 g/mol. The van der Waals surface area contributed by atoms with E-state index in [1.54, 1.807) is 20.8 Å². The van der Waals surface area contributed by atoms with Crippen LogP contribution in [0.4, 0.5) is 9.18 Å². The zero-order valence-electron chi connectivity index (χ0n) is 19.1. The molecule has 1 aliphatic heterocycles. The summed E-state index contributed by atoms with van der Waals surface area (Å²) in [5.74, 6) is -0.865. The van der Waals surface area contributed by atoms with Crippen molar-refractivity contribution in [2.24, 2.45) is 0 Å². The van der Waals surface area contributed by atoms with Gasteiger partial charge in [0.05, 0.1) is 0 Å². The normalized spacial score (nSPS) is 28.8. The highest BCUT2D eigenvalue weighted by molar-refractivity contribution is 5.81. The maximum Gasteiger partial charge on any atom is 0.408 e. The Labute approximate surface area is 183 Å². The molecule has 3 N–H and O–H groups in total. The number of nitrogens with one attached hydrogen (secondary N) is 2. The van der Waals surface area contributed by atoms with Gasteiger partial charge in [0.25, 0.3) is 5.56 Å². The number of rotatable bonds is 5. The molecule has 1 amide bonds. The highest BCUT2D eigenvalue weighted by Gasteiger charge is 2.63. The first-order chi connectivity index (χ1) is 14.5. The Morgan fingerprint density at radius 2 is 1.97 bits per heavy atom. The molecule has 0 unspecified atom stereocenters. The van der Waals surface area contributed by atoms with Crippen molar-refractivity contribution in [2.45, 2.75) is 83.7 Å². The van der Waals surface area contributed by atoms with Crippen molar-refractivity contribution in [3.63, 3.8) is 0 Å². The highest BCUT2D eigenvalue weighted by Crippen LogP contribution is 2.47. The molecule has 1 saturated heterocycles. The molecule has 32 heavy (non-hydrogen) atoms. The van der Waals surface area contributed by atoms with Crippen LogP contribution in [-0.4, -0.2) is 62.3 Å². The molecule has 0 aromatic carbocycles. The van der Waals surface area contributed by atoms with Crippen molar-refractivity contribution in [3.8, 4) is 0 Å². The van der Waals surface area contributed by atoms with Crippen LogP contribution in [0.5, 0.6) is 0 Å². The molecule has 0 saturated carbocycles. The van der Waals surface area contributed by atoms with E-state index in [9.17, 15) is 24.3 Å². The predicted molar refractivity (Wildman–Crippen MR) is 110 cm³/mol. The summed E-state index contributed by atoms with van der Waals surface area (Å²) in [5.41, 5.74) is -6.82. The highest BCUT2D eigenvalue weighted by atomic mass is 19.1. The minimum Gasteiger partial charge on any atom is -0.461 e. The number of amides is 1. The molecule has 2 heterocycles. The van der Waals surface area contributed by atoms with Gasteiger partial charge in [-0.15, -0.1) is 0 Å². The van der Waals surface area contributed by atoms with Crippen LogP contribution in [-0.2, 0) is 19.0 Å². The summed E-state index contributed by atoms with van der Waals surface area (Å²) < 4.78 is 32.1. The Balaban J connectivity index is 2.12. The van der Waals surface area contributed by atoms with Gasteiger partial charge in [-0.2, -0.15) is 0 Å². The van der Waals surface area contributed by atoms with E-state index in [-0.39, 0.29) is 5.56 Å². The number of aliphatic hydroxyl groups is 1. The first kappa shape index (κ1) is 25.5. The molecule has 1 aliphatic rings. The summed E-state index contributed by atoms with van der Waals surface area (Å²) >= 11 is 0. The largest absolute Gasteiger partial charge is 0.461 e. The van der Waals surface area contributed by atoms with E-state index in [4.69, 9.17) is 14.2 Å². The number of alkyl carbamates (subject to hydrolysis) is 1. The lowest BCUT2D eigenvalue weighted by Gasteiger charge is -2.33. The molecule has 0 spiro atoms. The maximum atomic E-state index is 15.6. The van der Waals surface area contributed by atoms with Gasteiger partial charge < -0.3 is 24.6 Å². The van der Waals surface area contributed by atoms with Crippen molar-refractivity contribution >= 4 is 12.1 Å². The number of esters is 1. The van der Waals surface area contributed by atoms with Gasteiger partial charge in [-0.05, 0) is 48.5 Å². The van der Waals surface area contributed by atoms with Gasteiger partial charge >= 0.3 is 17.8 Å². The van der Waals surface area contributed by atoms with Crippen molar-refractivity contribution in [2.75, 3.05) is 6.61 Å². The Morgan fingerprint density at radius 3 is 2.53 bits per heavy atom. The van der Waals surface area contributed by atoms with Gasteiger partial charge in [0.2, 0.25) is 0 Å². The molecule has 1 aromatic heterocycles. The second kappa shape index (κ2) is 8.66. The van der Waals surface area contributed by atoms with Gasteiger partial charge in [-0.25, -0.2) is 18.8 Å². The fourth-order valence-electron chi connectivity index (χ4n) is 3.10. The Morgan fingerprint density at radius 1 is 1.38 bits per heavy atom. The third kappa shape index (κ3) is 5.18. The van der Waals surface area contributed by atoms with Gasteiger partial charge in [-0.3, -0.25) is 14.3 Å². The summed E-state index contributed by atoms with van der Waals surface area (Å²) in [4.78, 5) is 49.9. The van der Waals surface area contributed by atoms with Gasteiger partial charge in [0, 0.05) is 11.8 Å². The number of hydrogen-bond acceptors (Lipinski definition) is 8. The number of aryl methyl sites for hydroxylation is 1. The van der Waals surface area contributed by atoms with Crippen LogP contribution in [0.2, 0.25) is 0 Å². The van der Waals surface area contributed by atoms with Gasteiger partial charge in [0.1, 0.15) is 30.0 Å². The zero-order valence-corrected chi connectivity index (χ0v) is 19.1. The number of ether oxygens (including phenoxy) is 3. The number of halogens is 1. The van der Waals surface area contributed by atoms with E-state index in [1.807, 2.05) is 4.98 Å². The first-order valence-corrected chi connectivity index (χ1v) is 10.0. The fraction of sp³-hybridized carbons (Fsp3) is 0.700. The molecule has 0 aliphatic carbocycles. The van der Waals surface area contributed by atoms with Crippen molar-refractivity contribution in [3.05, 3.63) is 32.6 Å². The smallest absolute Gasteiger partial charge is 0.408 e. The SMILES string of the molecule is Cc1cn([C@@H]2O[C@H](COC(=O)[C@H](C)NC(=O)OC(C)(C)C)[C@@](C)(O)[C@@]2(C)F)c(=O)[nH]c1=O. The van der Waals surface area contributed by atoms with Crippen molar-refractivity contribution in [1.29, 1.82) is 0 Å². The van der Waals surface area contributed by atoms with Crippen molar-refractivity contribution < 1.29 is 33.3 Å². The van der Waals surface area contributed by atoms with Crippen LogP contribution in [0.25, 0.3) is 0 Å². The van der Waals surface area contributed by atoms with Crippen LogP contribution in [0.15, 0.2) is 15.8 Å². The number of aromatic nitrogens is 2. The maximum absolute atomic E-state index is 15.6. The summed E-state index contributed by atoms with van der Waals surface area (Å²) in [6, 6.07) is -1.09. The lowest BCUT2D eigenvalue weighted by Crippen LogP contribution is -2.53. The molecule has 11 nitrogen and oxygen atoms in total. The minimum absolute atomic E-state index is 0.139. The lowest BCUT2D eigenvalue weighted by atomic mass is 9.84. The van der Waals surface area contributed by atoms with Crippen molar-refractivity contribution in [1.82, 2.24) is 14.9 Å². The standard InChI is InChI=1S/C20H30FN3O8/c1-10-8-24(16(27)23-13(10)25)15-19(6,21)20(7,29)12(31-15)9-30-14(26)11(2)22-17(28)32-18(3,4)5/h8,11-12,15,29H,9H2,1-7H3,(H,22,28)(H,23,25,27)/t11-,12+,15+,19-,20+/m0/s1. The molecule has 5 atom stereocenters. The Hall–Kier alpha value is -2.73. The quantitative estimate of drug-likeness (QED) is 0.544. The van der Waals surface area contributed by atoms with Crippen LogP contribution in [0.1, 0.15) is 53.3 Å². The predicted octanol–water partition coefficient (Wildman–Crippen LogP) is 0.678. The number of carbonyl (C=O) groups excluding carboxylic acids is 2. The number of carbonyl (C=O) groups is 2. The molecule has 1 fully saturated rings. The summed E-state index contributed by atoms with van der Waals surface area (Å²) in [5, 5.41) is 13.1. The summed E-state index contributed by atoms with van der Waals surface area (Å²) in [7, 11) is 0. The fourth-order valence-corrected chi connectivity index (χ4v) is 3.10. The summed E-state index contributed by atoms with van der Waals surface area (Å²) in [6.45, 7) is 9.41.